The maximum absolute atomic E-state index is 8.68. The second kappa shape index (κ2) is 5.20. The Kier molecular flexibility index (Phi) is 3.64. The zero-order chi connectivity index (χ0) is 13.1. The predicted molar refractivity (Wildman–Crippen MR) is 69.8 cm³/mol. The molecule has 98 valence electrons. The van der Waals surface area contributed by atoms with Crippen LogP contribution in [0, 0.1) is 0 Å². The molecule has 0 aromatic carbocycles. The van der Waals surface area contributed by atoms with E-state index in [2.05, 4.69) is 33.9 Å². The molecule has 1 aliphatic rings. The minimum atomic E-state index is 0.0125. The summed E-state index contributed by atoms with van der Waals surface area (Å²) in [6.07, 6.45) is 5.03. The number of oxime groups is 1. The zero-order valence-corrected chi connectivity index (χ0v) is 10.7. The van der Waals surface area contributed by atoms with Gasteiger partial charge >= 0.3 is 0 Å². The molecule has 1 saturated heterocycles. The van der Waals surface area contributed by atoms with Crippen molar-refractivity contribution in [1.82, 2.24) is 9.97 Å². The summed E-state index contributed by atoms with van der Waals surface area (Å²) in [4.78, 5) is 10.9. The van der Waals surface area contributed by atoms with Crippen molar-refractivity contribution in [2.24, 2.45) is 10.9 Å². The number of anilines is 1. The third-order valence-electron chi connectivity index (χ3n) is 3.50. The number of hydrogen-bond acceptors (Lipinski definition) is 5. The normalized spacial score (nSPS) is 24.6. The number of rotatable bonds is 3. The van der Waals surface area contributed by atoms with Crippen molar-refractivity contribution in [3.8, 4) is 0 Å². The molecule has 1 fully saturated rings. The van der Waals surface area contributed by atoms with Crippen molar-refractivity contribution >= 4 is 11.8 Å². The first-order valence-electron chi connectivity index (χ1n) is 6.26. The molecule has 3 N–H and O–H groups in total. The van der Waals surface area contributed by atoms with Crippen LogP contribution in [0.15, 0.2) is 17.4 Å². The van der Waals surface area contributed by atoms with E-state index in [-0.39, 0.29) is 5.84 Å². The van der Waals surface area contributed by atoms with Gasteiger partial charge in [-0.15, -0.1) is 0 Å². The standard InChI is InChI=1S/C12H19N5O/c1-3-9-5-4-8(2)17(9)12-14-7-6-10(15-12)11(13)16-18/h6-9,18H,3-5H2,1-2H3,(H2,13,16). The number of hydrogen-bond donors (Lipinski definition) is 2. The highest BCUT2D eigenvalue weighted by Crippen LogP contribution is 2.29. The summed E-state index contributed by atoms with van der Waals surface area (Å²) in [7, 11) is 0. The summed E-state index contributed by atoms with van der Waals surface area (Å²) < 4.78 is 0. The van der Waals surface area contributed by atoms with Gasteiger partial charge in [0.1, 0.15) is 5.69 Å². The molecule has 2 heterocycles. The molecular weight excluding hydrogens is 230 g/mol. The topological polar surface area (TPSA) is 87.6 Å². The molecule has 18 heavy (non-hydrogen) atoms. The monoisotopic (exact) mass is 249 g/mol. The minimum Gasteiger partial charge on any atom is -0.409 e. The Morgan fingerprint density at radius 2 is 2.39 bits per heavy atom. The molecular formula is C12H19N5O. The quantitative estimate of drug-likeness (QED) is 0.365. The Bertz CT molecular complexity index is 448. The number of aromatic nitrogens is 2. The Balaban J connectivity index is 2.32. The van der Waals surface area contributed by atoms with Crippen LogP contribution in [0.1, 0.15) is 38.8 Å². The lowest BCUT2D eigenvalue weighted by atomic mass is 10.2. The largest absolute Gasteiger partial charge is 0.409 e. The van der Waals surface area contributed by atoms with E-state index in [1.54, 1.807) is 12.3 Å². The van der Waals surface area contributed by atoms with Crippen LogP contribution in [-0.4, -0.2) is 33.1 Å². The molecule has 0 radical (unpaired) electrons. The van der Waals surface area contributed by atoms with Gasteiger partial charge in [0.2, 0.25) is 5.95 Å². The van der Waals surface area contributed by atoms with E-state index in [1.165, 1.54) is 0 Å². The highest BCUT2D eigenvalue weighted by Gasteiger charge is 2.31. The van der Waals surface area contributed by atoms with E-state index < -0.39 is 0 Å². The molecule has 0 aliphatic carbocycles. The summed E-state index contributed by atoms with van der Waals surface area (Å²) >= 11 is 0. The van der Waals surface area contributed by atoms with Crippen molar-refractivity contribution < 1.29 is 5.21 Å². The van der Waals surface area contributed by atoms with Crippen LogP contribution in [0.3, 0.4) is 0 Å². The van der Waals surface area contributed by atoms with Gasteiger partial charge in [-0.3, -0.25) is 0 Å². The van der Waals surface area contributed by atoms with Crippen molar-refractivity contribution in [2.45, 2.75) is 45.2 Å². The van der Waals surface area contributed by atoms with Gasteiger partial charge in [0, 0.05) is 18.3 Å². The maximum atomic E-state index is 8.68. The van der Waals surface area contributed by atoms with Crippen LogP contribution < -0.4 is 10.6 Å². The van der Waals surface area contributed by atoms with Gasteiger partial charge in [-0.25, -0.2) is 9.97 Å². The average Bonchev–Trinajstić information content (AvgIpc) is 2.79. The fourth-order valence-electron chi connectivity index (χ4n) is 2.50. The molecule has 2 rings (SSSR count). The summed E-state index contributed by atoms with van der Waals surface area (Å²) in [5.41, 5.74) is 6.01. The fraction of sp³-hybridized carbons (Fsp3) is 0.583. The van der Waals surface area contributed by atoms with E-state index in [0.717, 1.165) is 19.3 Å². The highest BCUT2D eigenvalue weighted by molar-refractivity contribution is 5.95. The van der Waals surface area contributed by atoms with E-state index in [9.17, 15) is 0 Å². The van der Waals surface area contributed by atoms with E-state index in [1.807, 2.05) is 0 Å². The third-order valence-corrected chi connectivity index (χ3v) is 3.50. The minimum absolute atomic E-state index is 0.0125. The van der Waals surface area contributed by atoms with Gasteiger partial charge in [0.15, 0.2) is 5.84 Å². The van der Waals surface area contributed by atoms with Crippen LogP contribution in [0.4, 0.5) is 5.95 Å². The Morgan fingerprint density at radius 1 is 1.61 bits per heavy atom. The average molecular weight is 249 g/mol. The lowest BCUT2D eigenvalue weighted by Gasteiger charge is -2.27. The second-order valence-corrected chi connectivity index (χ2v) is 4.62. The summed E-state index contributed by atoms with van der Waals surface area (Å²) in [6, 6.07) is 2.54. The molecule has 0 saturated carbocycles. The van der Waals surface area contributed by atoms with Crippen LogP contribution >= 0.6 is 0 Å². The Hall–Kier alpha value is -1.85. The highest BCUT2D eigenvalue weighted by atomic mass is 16.4. The zero-order valence-electron chi connectivity index (χ0n) is 10.7. The van der Waals surface area contributed by atoms with E-state index in [4.69, 9.17) is 10.9 Å². The molecule has 0 amide bonds. The Morgan fingerprint density at radius 3 is 3.06 bits per heavy atom. The Labute approximate surface area is 107 Å². The number of nitrogens with zero attached hydrogens (tertiary/aromatic N) is 4. The summed E-state index contributed by atoms with van der Waals surface area (Å²) in [6.45, 7) is 4.35. The van der Waals surface area contributed by atoms with Crippen LogP contribution in [0.2, 0.25) is 0 Å². The van der Waals surface area contributed by atoms with Gasteiger partial charge in [-0.1, -0.05) is 12.1 Å². The number of amidine groups is 1. The van der Waals surface area contributed by atoms with Crippen molar-refractivity contribution in [2.75, 3.05) is 4.90 Å². The summed E-state index contributed by atoms with van der Waals surface area (Å²) in [5.74, 6) is 0.675. The number of nitrogens with two attached hydrogens (primary N) is 1. The molecule has 1 aromatic heterocycles. The van der Waals surface area contributed by atoms with Gasteiger partial charge in [-0.2, -0.15) is 0 Å². The fourth-order valence-corrected chi connectivity index (χ4v) is 2.50. The smallest absolute Gasteiger partial charge is 0.226 e. The molecule has 0 spiro atoms. The van der Waals surface area contributed by atoms with Crippen LogP contribution in [0.5, 0.6) is 0 Å². The first-order chi connectivity index (χ1) is 8.67. The lowest BCUT2D eigenvalue weighted by molar-refractivity contribution is 0.318. The molecule has 2 unspecified atom stereocenters. The first kappa shape index (κ1) is 12.6. The van der Waals surface area contributed by atoms with Crippen LogP contribution in [-0.2, 0) is 0 Å². The molecule has 1 aromatic rings. The maximum Gasteiger partial charge on any atom is 0.226 e. The molecule has 1 aliphatic heterocycles. The van der Waals surface area contributed by atoms with Gasteiger partial charge in [0.05, 0.1) is 0 Å². The van der Waals surface area contributed by atoms with Crippen LogP contribution in [0.25, 0.3) is 0 Å². The van der Waals surface area contributed by atoms with Crippen molar-refractivity contribution in [1.29, 1.82) is 0 Å². The lowest BCUT2D eigenvalue weighted by Crippen LogP contribution is -2.36. The van der Waals surface area contributed by atoms with Gasteiger partial charge in [0.25, 0.3) is 0 Å². The van der Waals surface area contributed by atoms with Gasteiger partial charge < -0.3 is 15.8 Å². The van der Waals surface area contributed by atoms with Gasteiger partial charge in [-0.05, 0) is 32.3 Å². The van der Waals surface area contributed by atoms with E-state index >= 15 is 0 Å². The summed E-state index contributed by atoms with van der Waals surface area (Å²) in [5, 5.41) is 11.7. The first-order valence-corrected chi connectivity index (χ1v) is 6.26. The van der Waals surface area contributed by atoms with Crippen molar-refractivity contribution in [3.05, 3.63) is 18.0 Å². The second-order valence-electron chi connectivity index (χ2n) is 4.62. The molecule has 0 bridgehead atoms. The van der Waals surface area contributed by atoms with Crippen molar-refractivity contribution in [3.63, 3.8) is 0 Å². The van der Waals surface area contributed by atoms with E-state index in [0.29, 0.717) is 23.7 Å². The molecule has 6 nitrogen and oxygen atoms in total. The SMILES string of the molecule is CCC1CCC(C)N1c1nccc(/C(N)=N/O)n1. The molecule has 2 atom stereocenters. The third kappa shape index (κ3) is 2.23. The predicted octanol–water partition coefficient (Wildman–Crippen LogP) is 1.34. The molecule has 6 heteroatoms.